The largest absolute Gasteiger partial charge is 0.460 e. The standard InChI is InChI=1S/C15H25NO4SSi/c1-13(16-21(18,19)10-11-22(2,3)4)15(17)20-12-14-8-6-5-7-9-14/h5-9,13,16H,10-12H2,1-4H3. The first-order valence-electron chi connectivity index (χ1n) is 7.30. The fourth-order valence-corrected chi connectivity index (χ4v) is 5.95. The Morgan fingerprint density at radius 1 is 1.23 bits per heavy atom. The van der Waals surface area contributed by atoms with Crippen LogP contribution in [0.25, 0.3) is 0 Å². The molecule has 0 amide bonds. The molecule has 1 rings (SSSR count). The molecule has 1 atom stereocenters. The maximum Gasteiger partial charge on any atom is 0.324 e. The van der Waals surface area contributed by atoms with Gasteiger partial charge in [0.05, 0.1) is 5.75 Å². The zero-order chi connectivity index (χ0) is 16.8. The average molecular weight is 344 g/mol. The van der Waals surface area contributed by atoms with Crippen molar-refractivity contribution in [1.29, 1.82) is 0 Å². The summed E-state index contributed by atoms with van der Waals surface area (Å²) in [6.45, 7) is 7.97. The van der Waals surface area contributed by atoms with Crippen molar-refractivity contribution < 1.29 is 17.9 Å². The molecule has 5 nitrogen and oxygen atoms in total. The van der Waals surface area contributed by atoms with E-state index in [9.17, 15) is 13.2 Å². The van der Waals surface area contributed by atoms with Gasteiger partial charge in [0, 0.05) is 8.07 Å². The molecule has 7 heteroatoms. The lowest BCUT2D eigenvalue weighted by atomic mass is 10.2. The number of ether oxygens (including phenoxy) is 1. The van der Waals surface area contributed by atoms with Crippen molar-refractivity contribution in [3.63, 3.8) is 0 Å². The maximum atomic E-state index is 12.0. The number of hydrogen-bond acceptors (Lipinski definition) is 4. The maximum absolute atomic E-state index is 12.0. The summed E-state index contributed by atoms with van der Waals surface area (Å²) in [7, 11) is -4.90. The van der Waals surface area contributed by atoms with Crippen molar-refractivity contribution >= 4 is 24.1 Å². The van der Waals surface area contributed by atoms with Gasteiger partial charge < -0.3 is 4.74 Å². The second-order valence-corrected chi connectivity index (χ2v) is 14.1. The summed E-state index contributed by atoms with van der Waals surface area (Å²) in [5.74, 6) is -0.514. The van der Waals surface area contributed by atoms with Gasteiger partial charge in [-0.15, -0.1) is 0 Å². The minimum absolute atomic E-state index is 0.0546. The summed E-state index contributed by atoms with van der Waals surface area (Å²) in [4.78, 5) is 11.9. The molecule has 1 N–H and O–H groups in total. The molecule has 0 radical (unpaired) electrons. The van der Waals surface area contributed by atoms with Crippen LogP contribution in [0.15, 0.2) is 30.3 Å². The van der Waals surface area contributed by atoms with Crippen molar-refractivity contribution in [2.45, 2.75) is 45.3 Å². The third-order valence-electron chi connectivity index (χ3n) is 3.05. The lowest BCUT2D eigenvalue weighted by Crippen LogP contribution is -2.41. The molecule has 1 aromatic carbocycles. The number of benzene rings is 1. The van der Waals surface area contributed by atoms with E-state index in [4.69, 9.17) is 4.74 Å². The normalized spacial score (nSPS) is 13.6. The molecule has 0 saturated carbocycles. The molecule has 0 aromatic heterocycles. The van der Waals surface area contributed by atoms with Crippen LogP contribution >= 0.6 is 0 Å². The molecule has 22 heavy (non-hydrogen) atoms. The van der Waals surface area contributed by atoms with Crippen LogP contribution in [0.5, 0.6) is 0 Å². The first kappa shape index (κ1) is 18.9. The molecule has 0 fully saturated rings. The fraction of sp³-hybridized carbons (Fsp3) is 0.533. The van der Waals surface area contributed by atoms with E-state index in [1.807, 2.05) is 30.3 Å². The molecule has 0 aliphatic rings. The van der Waals surface area contributed by atoms with Crippen molar-refractivity contribution in [2.75, 3.05) is 5.75 Å². The summed E-state index contributed by atoms with van der Waals surface area (Å²) >= 11 is 0. The lowest BCUT2D eigenvalue weighted by molar-refractivity contribution is -0.146. The molecule has 0 heterocycles. The number of esters is 1. The SMILES string of the molecule is CC(NS(=O)(=O)CC[Si](C)(C)C)C(=O)OCc1ccccc1. The second kappa shape index (κ2) is 7.89. The van der Waals surface area contributed by atoms with Gasteiger partial charge >= 0.3 is 5.97 Å². The molecule has 1 unspecified atom stereocenters. The van der Waals surface area contributed by atoms with Gasteiger partial charge in [0.1, 0.15) is 12.6 Å². The molecule has 0 saturated heterocycles. The zero-order valence-corrected chi connectivity index (χ0v) is 15.4. The van der Waals surface area contributed by atoms with Gasteiger partial charge in [-0.2, -0.15) is 0 Å². The first-order valence-corrected chi connectivity index (χ1v) is 12.7. The Balaban J connectivity index is 2.46. The molecule has 0 aliphatic heterocycles. The minimum atomic E-state index is -3.46. The topological polar surface area (TPSA) is 72.5 Å². The molecule has 0 spiro atoms. The molecule has 0 bridgehead atoms. The minimum Gasteiger partial charge on any atom is -0.460 e. The van der Waals surface area contributed by atoms with E-state index in [0.717, 1.165) is 5.56 Å². The Bertz CT molecular complexity index is 581. The van der Waals surface area contributed by atoms with Crippen molar-refractivity contribution in [2.24, 2.45) is 0 Å². The summed E-state index contributed by atoms with van der Waals surface area (Å²) in [6.07, 6.45) is 0. The average Bonchev–Trinajstić information content (AvgIpc) is 2.43. The van der Waals surface area contributed by atoms with E-state index in [1.165, 1.54) is 6.92 Å². The summed E-state index contributed by atoms with van der Waals surface area (Å²) < 4.78 is 31.4. The second-order valence-electron chi connectivity index (χ2n) is 6.56. The molecular weight excluding hydrogens is 318 g/mol. The Hall–Kier alpha value is -1.18. The van der Waals surface area contributed by atoms with Crippen LogP contribution < -0.4 is 4.72 Å². The van der Waals surface area contributed by atoms with Crippen LogP contribution in [0.1, 0.15) is 12.5 Å². The van der Waals surface area contributed by atoms with Gasteiger partial charge in [0.2, 0.25) is 10.0 Å². The van der Waals surface area contributed by atoms with E-state index in [1.54, 1.807) is 0 Å². The van der Waals surface area contributed by atoms with Crippen LogP contribution in [-0.2, 0) is 26.2 Å². The predicted molar refractivity (Wildman–Crippen MR) is 90.8 cm³/mol. The number of carbonyl (C=O) groups is 1. The van der Waals surface area contributed by atoms with Crippen molar-refractivity contribution in [1.82, 2.24) is 4.72 Å². The molecule has 1 aromatic rings. The number of rotatable bonds is 8. The van der Waals surface area contributed by atoms with Crippen LogP contribution in [-0.4, -0.2) is 34.3 Å². The number of carbonyl (C=O) groups excluding carboxylic acids is 1. The van der Waals surface area contributed by atoms with Crippen LogP contribution in [0.3, 0.4) is 0 Å². The van der Waals surface area contributed by atoms with Crippen LogP contribution in [0.4, 0.5) is 0 Å². The first-order chi connectivity index (χ1) is 10.1. The van der Waals surface area contributed by atoms with E-state index in [2.05, 4.69) is 24.4 Å². The smallest absolute Gasteiger partial charge is 0.324 e. The van der Waals surface area contributed by atoms with E-state index in [-0.39, 0.29) is 12.4 Å². The van der Waals surface area contributed by atoms with Crippen LogP contribution in [0.2, 0.25) is 25.7 Å². The summed E-state index contributed by atoms with van der Waals surface area (Å²) in [5.41, 5.74) is 0.865. The van der Waals surface area contributed by atoms with Gasteiger partial charge in [-0.3, -0.25) is 4.79 Å². The van der Waals surface area contributed by atoms with Gasteiger partial charge in [0.15, 0.2) is 0 Å². The monoisotopic (exact) mass is 343 g/mol. The highest BCUT2D eigenvalue weighted by atomic mass is 32.2. The Morgan fingerprint density at radius 2 is 1.82 bits per heavy atom. The number of nitrogens with one attached hydrogen (secondary N) is 1. The highest BCUT2D eigenvalue weighted by Gasteiger charge is 2.24. The fourth-order valence-electron chi connectivity index (χ4n) is 1.67. The van der Waals surface area contributed by atoms with Crippen molar-refractivity contribution in [3.8, 4) is 0 Å². The van der Waals surface area contributed by atoms with Crippen molar-refractivity contribution in [3.05, 3.63) is 35.9 Å². The summed E-state index contributed by atoms with van der Waals surface area (Å²) in [6, 6.07) is 9.05. The van der Waals surface area contributed by atoms with Gasteiger partial charge in [-0.25, -0.2) is 13.1 Å². The summed E-state index contributed by atoms with van der Waals surface area (Å²) in [5, 5.41) is 0. The van der Waals surface area contributed by atoms with Gasteiger partial charge in [-0.1, -0.05) is 50.0 Å². The highest BCUT2D eigenvalue weighted by Crippen LogP contribution is 2.10. The highest BCUT2D eigenvalue weighted by molar-refractivity contribution is 7.89. The lowest BCUT2D eigenvalue weighted by Gasteiger charge is -2.17. The van der Waals surface area contributed by atoms with E-state index in [0.29, 0.717) is 6.04 Å². The zero-order valence-electron chi connectivity index (χ0n) is 13.6. The predicted octanol–water partition coefficient (Wildman–Crippen LogP) is 2.38. The molecular formula is C15H25NO4SSi. The van der Waals surface area contributed by atoms with Crippen LogP contribution in [0, 0.1) is 0 Å². The van der Waals surface area contributed by atoms with E-state index >= 15 is 0 Å². The van der Waals surface area contributed by atoms with Gasteiger partial charge in [0.25, 0.3) is 0 Å². The Kier molecular flexibility index (Phi) is 6.77. The third-order valence-corrected chi connectivity index (χ3v) is 6.62. The van der Waals surface area contributed by atoms with Gasteiger partial charge in [-0.05, 0) is 18.5 Å². The Morgan fingerprint density at radius 3 is 2.36 bits per heavy atom. The third kappa shape index (κ3) is 7.72. The molecule has 0 aliphatic carbocycles. The van der Waals surface area contributed by atoms with E-state index < -0.39 is 30.1 Å². The number of hydrogen-bond donors (Lipinski definition) is 1. The molecule has 124 valence electrons. The number of sulfonamides is 1. The quantitative estimate of drug-likeness (QED) is 0.581. The Labute approximate surface area is 134 Å².